The molecule has 0 radical (unpaired) electrons. The van der Waals surface area contributed by atoms with Crippen LogP contribution in [0.4, 0.5) is 5.69 Å². The number of hydrogen-bond acceptors (Lipinski definition) is 7. The molecule has 32 heavy (non-hydrogen) atoms. The second-order valence-electron chi connectivity index (χ2n) is 8.07. The summed E-state index contributed by atoms with van der Waals surface area (Å²) in [6.07, 6.45) is 2.12. The van der Waals surface area contributed by atoms with Crippen molar-refractivity contribution in [3.8, 4) is 11.5 Å². The average molecular weight is 437 g/mol. The maximum atomic E-state index is 5.28. The lowest BCUT2D eigenvalue weighted by molar-refractivity contribution is 0.164. The minimum absolute atomic E-state index is 0.214. The van der Waals surface area contributed by atoms with Crippen LogP contribution in [0.5, 0.6) is 11.5 Å². The Morgan fingerprint density at radius 2 is 1.50 bits per heavy atom. The molecule has 8 heteroatoms. The van der Waals surface area contributed by atoms with Crippen molar-refractivity contribution in [1.29, 1.82) is 0 Å². The molecule has 1 atom stereocenters. The van der Waals surface area contributed by atoms with Crippen LogP contribution in [0.25, 0.3) is 0 Å². The van der Waals surface area contributed by atoms with Gasteiger partial charge in [-0.05, 0) is 58.8 Å². The van der Waals surface area contributed by atoms with Crippen molar-refractivity contribution in [3.05, 3.63) is 59.9 Å². The molecule has 0 unspecified atom stereocenters. The van der Waals surface area contributed by atoms with Crippen LogP contribution in [0.15, 0.2) is 48.5 Å². The van der Waals surface area contributed by atoms with E-state index in [1.165, 1.54) is 5.69 Å². The van der Waals surface area contributed by atoms with Crippen LogP contribution in [0.3, 0.4) is 0 Å². The summed E-state index contributed by atoms with van der Waals surface area (Å²) in [5.41, 5.74) is 2.39. The van der Waals surface area contributed by atoms with Gasteiger partial charge >= 0.3 is 0 Å². The zero-order chi connectivity index (χ0) is 22.3. The summed E-state index contributed by atoms with van der Waals surface area (Å²) in [7, 11) is 3.38. The van der Waals surface area contributed by atoms with Crippen LogP contribution in [0.2, 0.25) is 0 Å². The Balaban J connectivity index is 1.44. The third-order valence-corrected chi connectivity index (χ3v) is 6.10. The molecule has 8 nitrogen and oxygen atoms in total. The normalized spacial score (nSPS) is 15.5. The maximum Gasteiger partial charge on any atom is 0.168 e. The van der Waals surface area contributed by atoms with Crippen LogP contribution in [0, 0.1) is 0 Å². The number of aromatic nitrogens is 4. The van der Waals surface area contributed by atoms with Gasteiger partial charge in [-0.1, -0.05) is 25.5 Å². The summed E-state index contributed by atoms with van der Waals surface area (Å²) in [6.45, 7) is 6.79. The van der Waals surface area contributed by atoms with E-state index >= 15 is 0 Å². The third kappa shape index (κ3) is 5.02. The summed E-state index contributed by atoms with van der Waals surface area (Å²) in [5, 5.41) is 12.8. The van der Waals surface area contributed by atoms with Gasteiger partial charge in [-0.15, -0.1) is 5.10 Å². The van der Waals surface area contributed by atoms with E-state index in [2.05, 4.69) is 56.5 Å². The van der Waals surface area contributed by atoms with Crippen molar-refractivity contribution in [2.24, 2.45) is 0 Å². The highest BCUT2D eigenvalue weighted by atomic mass is 16.5. The minimum atomic E-state index is 0.214. The summed E-state index contributed by atoms with van der Waals surface area (Å²) in [6, 6.07) is 16.6. The van der Waals surface area contributed by atoms with Crippen molar-refractivity contribution in [1.82, 2.24) is 25.1 Å². The number of benzene rings is 2. The zero-order valence-corrected chi connectivity index (χ0v) is 19.1. The van der Waals surface area contributed by atoms with Crippen LogP contribution in [0.1, 0.15) is 37.2 Å². The van der Waals surface area contributed by atoms with E-state index in [1.54, 1.807) is 14.2 Å². The SMILES string of the molecule is CCC[C@@H](c1nnnn1Cc1ccc(OC)cc1)N1CCN(c2ccc(OC)cc2)CC1. The molecule has 2 aromatic carbocycles. The lowest BCUT2D eigenvalue weighted by atomic mass is 10.1. The van der Waals surface area contributed by atoms with Crippen molar-refractivity contribution in [3.63, 3.8) is 0 Å². The van der Waals surface area contributed by atoms with Gasteiger partial charge in [0.05, 0.1) is 26.8 Å². The average Bonchev–Trinajstić information content (AvgIpc) is 3.31. The van der Waals surface area contributed by atoms with Gasteiger partial charge < -0.3 is 14.4 Å². The molecule has 0 aliphatic carbocycles. The largest absolute Gasteiger partial charge is 0.497 e. The van der Waals surface area contributed by atoms with Crippen LogP contribution in [-0.4, -0.2) is 65.5 Å². The fourth-order valence-electron chi connectivity index (χ4n) is 4.30. The van der Waals surface area contributed by atoms with Gasteiger partial charge in [0.1, 0.15) is 11.5 Å². The number of tetrazole rings is 1. The highest BCUT2D eigenvalue weighted by Gasteiger charge is 2.28. The fraction of sp³-hybridized carbons (Fsp3) is 0.458. The van der Waals surface area contributed by atoms with E-state index in [4.69, 9.17) is 9.47 Å². The molecule has 2 heterocycles. The predicted octanol–water partition coefficient (Wildman–Crippen LogP) is 3.40. The number of piperazine rings is 1. The second-order valence-corrected chi connectivity index (χ2v) is 8.07. The lowest BCUT2D eigenvalue weighted by Crippen LogP contribution is -2.48. The highest BCUT2D eigenvalue weighted by Crippen LogP contribution is 2.27. The quantitative estimate of drug-likeness (QED) is 0.509. The molecule has 170 valence electrons. The summed E-state index contributed by atoms with van der Waals surface area (Å²) in [4.78, 5) is 4.96. The van der Waals surface area contributed by atoms with Gasteiger partial charge in [-0.2, -0.15) is 0 Å². The number of nitrogens with zero attached hydrogens (tertiary/aromatic N) is 6. The Bertz CT molecular complexity index is 965. The molecule has 3 aromatic rings. The lowest BCUT2D eigenvalue weighted by Gasteiger charge is -2.39. The first-order valence-corrected chi connectivity index (χ1v) is 11.2. The van der Waals surface area contributed by atoms with Gasteiger partial charge in [0.25, 0.3) is 0 Å². The van der Waals surface area contributed by atoms with Gasteiger partial charge in [0.2, 0.25) is 0 Å². The summed E-state index contributed by atoms with van der Waals surface area (Å²) < 4.78 is 12.5. The van der Waals surface area contributed by atoms with E-state index in [0.29, 0.717) is 6.54 Å². The summed E-state index contributed by atoms with van der Waals surface area (Å²) in [5.74, 6) is 2.68. The molecule has 0 amide bonds. The van der Waals surface area contributed by atoms with E-state index in [0.717, 1.165) is 61.9 Å². The Morgan fingerprint density at radius 1 is 0.875 bits per heavy atom. The Labute approximate surface area is 189 Å². The van der Waals surface area contributed by atoms with Gasteiger partial charge in [-0.25, -0.2) is 4.68 Å². The van der Waals surface area contributed by atoms with E-state index in [-0.39, 0.29) is 6.04 Å². The number of methoxy groups -OCH3 is 2. The molecule has 0 spiro atoms. The Morgan fingerprint density at radius 3 is 2.09 bits per heavy atom. The standard InChI is InChI=1S/C24H32N6O2/c1-4-5-23(24-25-26-27-30(24)18-19-6-10-21(31-2)11-7-19)29-16-14-28(15-17-29)20-8-12-22(32-3)13-9-20/h6-13,23H,4-5,14-18H2,1-3H3/t23-/m0/s1. The number of anilines is 1. The topological polar surface area (TPSA) is 68.5 Å². The molecule has 1 saturated heterocycles. The minimum Gasteiger partial charge on any atom is -0.497 e. The molecule has 4 rings (SSSR count). The molecule has 0 N–H and O–H groups in total. The number of rotatable bonds is 9. The third-order valence-electron chi connectivity index (χ3n) is 6.10. The monoisotopic (exact) mass is 436 g/mol. The van der Waals surface area contributed by atoms with E-state index < -0.39 is 0 Å². The van der Waals surface area contributed by atoms with E-state index in [1.807, 2.05) is 28.9 Å². The molecular weight excluding hydrogens is 404 g/mol. The van der Waals surface area contributed by atoms with Gasteiger partial charge in [0.15, 0.2) is 5.82 Å². The molecule has 1 fully saturated rings. The smallest absolute Gasteiger partial charge is 0.168 e. The highest BCUT2D eigenvalue weighted by molar-refractivity contribution is 5.49. The van der Waals surface area contributed by atoms with Crippen molar-refractivity contribution in [2.45, 2.75) is 32.4 Å². The first kappa shape index (κ1) is 22.1. The molecule has 1 aromatic heterocycles. The molecule has 0 bridgehead atoms. The first-order valence-electron chi connectivity index (χ1n) is 11.2. The second kappa shape index (κ2) is 10.5. The fourth-order valence-corrected chi connectivity index (χ4v) is 4.30. The first-order chi connectivity index (χ1) is 15.7. The molecule has 1 aliphatic rings. The molecular formula is C24H32N6O2. The molecule has 0 saturated carbocycles. The van der Waals surface area contributed by atoms with Crippen LogP contribution in [-0.2, 0) is 6.54 Å². The van der Waals surface area contributed by atoms with Crippen LogP contribution >= 0.6 is 0 Å². The predicted molar refractivity (Wildman–Crippen MR) is 124 cm³/mol. The zero-order valence-electron chi connectivity index (χ0n) is 19.1. The van der Waals surface area contributed by atoms with Crippen molar-refractivity contribution < 1.29 is 9.47 Å². The van der Waals surface area contributed by atoms with E-state index in [9.17, 15) is 0 Å². The van der Waals surface area contributed by atoms with Crippen molar-refractivity contribution in [2.75, 3.05) is 45.3 Å². The van der Waals surface area contributed by atoms with Crippen molar-refractivity contribution >= 4 is 5.69 Å². The Kier molecular flexibility index (Phi) is 7.21. The molecule has 1 aliphatic heterocycles. The number of hydrogen-bond donors (Lipinski definition) is 0. The number of ether oxygens (including phenoxy) is 2. The maximum absolute atomic E-state index is 5.28. The van der Waals surface area contributed by atoms with Gasteiger partial charge in [-0.3, -0.25) is 4.90 Å². The summed E-state index contributed by atoms with van der Waals surface area (Å²) >= 11 is 0. The van der Waals surface area contributed by atoms with Crippen LogP contribution < -0.4 is 14.4 Å². The van der Waals surface area contributed by atoms with Gasteiger partial charge in [0, 0.05) is 31.9 Å². The Hall–Kier alpha value is -3.13.